The fourth-order valence-electron chi connectivity index (χ4n) is 2.85. The maximum absolute atomic E-state index is 13.0. The van der Waals surface area contributed by atoms with E-state index < -0.39 is 54.5 Å². The van der Waals surface area contributed by atoms with E-state index in [4.69, 9.17) is 22.3 Å². The second kappa shape index (κ2) is 16.9. The molecule has 196 valence electrons. The number of carbonyl (C=O) groups is 4. The number of aliphatic imine (C=N–C) groups is 1. The number of carbonyl (C=O) groups excluding carboxylic acids is 3. The van der Waals surface area contributed by atoms with Crippen molar-refractivity contribution in [3.8, 4) is 0 Å². The van der Waals surface area contributed by atoms with E-state index in [1.165, 1.54) is 11.8 Å². The van der Waals surface area contributed by atoms with Gasteiger partial charge < -0.3 is 43.4 Å². The SMILES string of the molecule is CCC(C)C(NC(=O)C(CCCN=C(N)N)NC(=O)C(CCSC)NC(=O)C(N)CO)C(=O)O. The highest BCUT2D eigenvalue weighted by Crippen LogP contribution is 2.10. The summed E-state index contributed by atoms with van der Waals surface area (Å²) >= 11 is 1.46. The van der Waals surface area contributed by atoms with E-state index in [1.54, 1.807) is 13.8 Å². The van der Waals surface area contributed by atoms with Gasteiger partial charge in [-0.05, 0) is 37.2 Å². The number of hydrogen-bond acceptors (Lipinski definition) is 8. The molecule has 13 nitrogen and oxygen atoms in total. The number of nitrogens with one attached hydrogen (secondary N) is 3. The van der Waals surface area contributed by atoms with E-state index in [9.17, 15) is 24.3 Å². The number of thioether (sulfide) groups is 1. The zero-order valence-corrected chi connectivity index (χ0v) is 20.8. The largest absolute Gasteiger partial charge is 0.480 e. The molecule has 0 aliphatic carbocycles. The van der Waals surface area contributed by atoms with Crippen molar-refractivity contribution in [2.24, 2.45) is 28.1 Å². The lowest BCUT2D eigenvalue weighted by Crippen LogP contribution is -2.58. The van der Waals surface area contributed by atoms with E-state index in [2.05, 4.69) is 20.9 Å². The van der Waals surface area contributed by atoms with Crippen molar-refractivity contribution in [2.75, 3.05) is 25.2 Å². The fourth-order valence-corrected chi connectivity index (χ4v) is 3.32. The highest BCUT2D eigenvalue weighted by Gasteiger charge is 2.31. The summed E-state index contributed by atoms with van der Waals surface area (Å²) in [5, 5.41) is 26.1. The highest BCUT2D eigenvalue weighted by molar-refractivity contribution is 7.98. The molecule has 0 saturated carbocycles. The first-order valence-corrected chi connectivity index (χ1v) is 12.4. The van der Waals surface area contributed by atoms with Crippen LogP contribution in [0.4, 0.5) is 0 Å². The van der Waals surface area contributed by atoms with E-state index in [0.717, 1.165) is 0 Å². The van der Waals surface area contributed by atoms with Crippen LogP contribution in [-0.2, 0) is 19.2 Å². The van der Waals surface area contributed by atoms with Gasteiger partial charge in [-0.1, -0.05) is 20.3 Å². The van der Waals surface area contributed by atoms with Gasteiger partial charge in [0, 0.05) is 6.54 Å². The number of aliphatic hydroxyl groups excluding tert-OH is 1. The Balaban J connectivity index is 5.59. The summed E-state index contributed by atoms with van der Waals surface area (Å²) in [6.45, 7) is 3.11. The third-order valence-electron chi connectivity index (χ3n) is 5.13. The second-order valence-electron chi connectivity index (χ2n) is 7.85. The molecule has 0 aromatic carbocycles. The molecule has 0 saturated heterocycles. The number of amides is 3. The minimum atomic E-state index is -1.20. The van der Waals surface area contributed by atoms with Crippen molar-refractivity contribution in [1.29, 1.82) is 0 Å². The van der Waals surface area contributed by atoms with Crippen molar-refractivity contribution in [1.82, 2.24) is 16.0 Å². The summed E-state index contributed by atoms with van der Waals surface area (Å²) in [7, 11) is 0. The molecule has 0 aliphatic heterocycles. The molecular formula is C20H39N7O6S. The average Bonchev–Trinajstić information content (AvgIpc) is 2.79. The molecule has 0 aromatic heterocycles. The monoisotopic (exact) mass is 505 g/mol. The van der Waals surface area contributed by atoms with Crippen LogP contribution in [0.2, 0.25) is 0 Å². The molecule has 0 spiro atoms. The lowest BCUT2D eigenvalue weighted by molar-refractivity contribution is -0.144. The Morgan fingerprint density at radius 2 is 1.56 bits per heavy atom. The average molecular weight is 506 g/mol. The zero-order valence-electron chi connectivity index (χ0n) is 20.0. The van der Waals surface area contributed by atoms with Gasteiger partial charge >= 0.3 is 5.97 Å². The summed E-state index contributed by atoms with van der Waals surface area (Å²) in [4.78, 5) is 53.5. The molecule has 11 N–H and O–H groups in total. The van der Waals surface area contributed by atoms with Crippen LogP contribution in [0.15, 0.2) is 4.99 Å². The number of carboxylic acids is 1. The van der Waals surface area contributed by atoms with Crippen LogP contribution in [-0.4, -0.2) is 89.2 Å². The zero-order chi connectivity index (χ0) is 26.3. The van der Waals surface area contributed by atoms with Crippen LogP contribution < -0.4 is 33.2 Å². The Hall–Kier alpha value is -2.58. The third-order valence-corrected chi connectivity index (χ3v) is 5.78. The predicted molar refractivity (Wildman–Crippen MR) is 131 cm³/mol. The van der Waals surface area contributed by atoms with E-state index in [0.29, 0.717) is 18.6 Å². The van der Waals surface area contributed by atoms with Gasteiger partial charge in [0.15, 0.2) is 5.96 Å². The minimum Gasteiger partial charge on any atom is -0.480 e. The molecule has 0 aromatic rings. The normalized spacial score (nSPS) is 15.2. The van der Waals surface area contributed by atoms with E-state index in [-0.39, 0.29) is 31.3 Å². The van der Waals surface area contributed by atoms with Gasteiger partial charge in [-0.2, -0.15) is 11.8 Å². The lowest BCUT2D eigenvalue weighted by Gasteiger charge is -2.26. The third kappa shape index (κ3) is 12.0. The molecule has 0 aliphatic rings. The summed E-state index contributed by atoms with van der Waals surface area (Å²) in [6.07, 6.45) is 3.06. The van der Waals surface area contributed by atoms with Crippen LogP contribution in [0.3, 0.4) is 0 Å². The van der Waals surface area contributed by atoms with Gasteiger partial charge in [-0.25, -0.2) is 4.79 Å². The van der Waals surface area contributed by atoms with Gasteiger partial charge in [0.25, 0.3) is 0 Å². The molecule has 0 fully saturated rings. The minimum absolute atomic E-state index is 0.118. The van der Waals surface area contributed by atoms with Crippen molar-refractivity contribution >= 4 is 41.4 Å². The Bertz CT molecular complexity index is 705. The molecule has 0 rings (SSSR count). The van der Waals surface area contributed by atoms with Gasteiger partial charge in [-0.15, -0.1) is 0 Å². The highest BCUT2D eigenvalue weighted by atomic mass is 32.2. The molecule has 0 heterocycles. The number of guanidine groups is 1. The van der Waals surface area contributed by atoms with E-state index in [1.807, 2.05) is 6.26 Å². The molecule has 0 bridgehead atoms. The lowest BCUT2D eigenvalue weighted by atomic mass is 9.98. The standard InChI is InChI=1S/C20H39N7O6S/c1-4-11(2)15(19(32)33)27-18(31)13(6-5-8-24-20(22)23)26-17(30)14(7-9-34-3)25-16(29)12(21)10-28/h11-15,28H,4-10,21H2,1-3H3,(H,25,29)(H,26,30)(H,27,31)(H,32,33)(H4,22,23,24). The van der Waals surface area contributed by atoms with Crippen LogP contribution in [0.25, 0.3) is 0 Å². The maximum atomic E-state index is 13.0. The van der Waals surface area contributed by atoms with Crippen LogP contribution in [0, 0.1) is 5.92 Å². The van der Waals surface area contributed by atoms with Gasteiger partial charge in [-0.3, -0.25) is 19.4 Å². The number of nitrogens with zero attached hydrogens (tertiary/aromatic N) is 1. The van der Waals surface area contributed by atoms with Crippen molar-refractivity contribution in [2.45, 2.75) is 63.7 Å². The Kier molecular flexibility index (Phi) is 15.7. The molecule has 5 unspecified atom stereocenters. The topological polar surface area (TPSA) is 235 Å². The number of carboxylic acid groups (broad SMARTS) is 1. The molecule has 34 heavy (non-hydrogen) atoms. The Morgan fingerprint density at radius 1 is 1.00 bits per heavy atom. The summed E-state index contributed by atoms with van der Waals surface area (Å²) in [5.74, 6) is -3.13. The van der Waals surface area contributed by atoms with Crippen LogP contribution >= 0.6 is 11.8 Å². The Labute approximate surface area is 204 Å². The Morgan fingerprint density at radius 3 is 2.06 bits per heavy atom. The van der Waals surface area contributed by atoms with Crippen molar-refractivity contribution in [3.63, 3.8) is 0 Å². The summed E-state index contributed by atoms with van der Waals surface area (Å²) in [5.41, 5.74) is 16.1. The number of nitrogens with two attached hydrogens (primary N) is 3. The van der Waals surface area contributed by atoms with Crippen LogP contribution in [0.1, 0.15) is 39.5 Å². The van der Waals surface area contributed by atoms with Gasteiger partial charge in [0.1, 0.15) is 24.2 Å². The second-order valence-corrected chi connectivity index (χ2v) is 8.84. The maximum Gasteiger partial charge on any atom is 0.326 e. The predicted octanol–water partition coefficient (Wildman–Crippen LogP) is -2.30. The van der Waals surface area contributed by atoms with Crippen molar-refractivity contribution < 1.29 is 29.4 Å². The molecular weight excluding hydrogens is 466 g/mol. The summed E-state index contributed by atoms with van der Waals surface area (Å²) in [6, 6.07) is -4.43. The quantitative estimate of drug-likeness (QED) is 0.0597. The van der Waals surface area contributed by atoms with Gasteiger partial charge in [0.2, 0.25) is 17.7 Å². The first-order chi connectivity index (χ1) is 16.0. The molecule has 14 heteroatoms. The molecule has 0 radical (unpaired) electrons. The van der Waals surface area contributed by atoms with Gasteiger partial charge in [0.05, 0.1) is 6.61 Å². The number of rotatable bonds is 17. The van der Waals surface area contributed by atoms with Crippen molar-refractivity contribution in [3.05, 3.63) is 0 Å². The number of hydrogen-bond donors (Lipinski definition) is 8. The smallest absolute Gasteiger partial charge is 0.326 e. The number of aliphatic carboxylic acids is 1. The van der Waals surface area contributed by atoms with Crippen LogP contribution in [0.5, 0.6) is 0 Å². The number of aliphatic hydroxyl groups is 1. The molecule has 3 amide bonds. The molecule has 5 atom stereocenters. The summed E-state index contributed by atoms with van der Waals surface area (Å²) < 4.78 is 0. The first-order valence-electron chi connectivity index (χ1n) is 11.0. The fraction of sp³-hybridized carbons (Fsp3) is 0.750. The first kappa shape index (κ1) is 31.4. The van der Waals surface area contributed by atoms with E-state index >= 15 is 0 Å².